The molecule has 0 unspecified atom stereocenters. The van der Waals surface area contributed by atoms with Crippen LogP contribution < -0.4 is 10.7 Å². The Labute approximate surface area is 156 Å². The van der Waals surface area contributed by atoms with Gasteiger partial charge in [0, 0.05) is 11.4 Å². The summed E-state index contributed by atoms with van der Waals surface area (Å²) in [6.45, 7) is 1.79. The topological polar surface area (TPSA) is 70.6 Å². The maximum absolute atomic E-state index is 11.8. The minimum absolute atomic E-state index is 0.287. The Morgan fingerprint density at radius 3 is 2.40 bits per heavy atom. The van der Waals surface area contributed by atoms with E-state index in [1.54, 1.807) is 13.0 Å². The molecule has 5 nitrogen and oxygen atoms in total. The van der Waals surface area contributed by atoms with Crippen molar-refractivity contribution in [2.75, 3.05) is 5.32 Å². The zero-order chi connectivity index (χ0) is 18.2. The lowest BCUT2D eigenvalue weighted by atomic mass is 10.1. The number of aryl methyl sites for hydroxylation is 1. The fraction of sp³-hybridized carbons (Fsp3) is 0.167. The van der Waals surface area contributed by atoms with Crippen LogP contribution in [0.15, 0.2) is 53.6 Å². The Kier molecular flexibility index (Phi) is 6.98. The van der Waals surface area contributed by atoms with Crippen LogP contribution in [0, 0.1) is 0 Å². The highest BCUT2D eigenvalue weighted by molar-refractivity contribution is 6.42. The molecular formula is C18H17Cl2N3O2. The first kappa shape index (κ1) is 19.0. The van der Waals surface area contributed by atoms with Crippen LogP contribution in [-0.2, 0) is 16.0 Å². The summed E-state index contributed by atoms with van der Waals surface area (Å²) in [6, 6.07) is 14.5. The number of hydrogen-bond donors (Lipinski definition) is 2. The maximum Gasteiger partial charge on any atom is 0.329 e. The molecule has 0 spiro atoms. The second-order valence-electron chi connectivity index (χ2n) is 5.36. The SMILES string of the molecule is CC(CCc1ccccc1)=NNC(=O)C(=O)Nc1ccc(Cl)c(Cl)c1. The van der Waals surface area contributed by atoms with Crippen molar-refractivity contribution in [3.63, 3.8) is 0 Å². The van der Waals surface area contributed by atoms with Crippen molar-refractivity contribution < 1.29 is 9.59 Å². The van der Waals surface area contributed by atoms with Crippen molar-refractivity contribution in [2.45, 2.75) is 19.8 Å². The number of benzene rings is 2. The van der Waals surface area contributed by atoms with Gasteiger partial charge in [-0.2, -0.15) is 5.10 Å². The highest BCUT2D eigenvalue weighted by Crippen LogP contribution is 2.24. The van der Waals surface area contributed by atoms with Crippen molar-refractivity contribution in [1.29, 1.82) is 0 Å². The van der Waals surface area contributed by atoms with E-state index in [-0.39, 0.29) is 5.02 Å². The van der Waals surface area contributed by atoms with Gasteiger partial charge in [-0.15, -0.1) is 0 Å². The van der Waals surface area contributed by atoms with Crippen LogP contribution in [-0.4, -0.2) is 17.5 Å². The summed E-state index contributed by atoms with van der Waals surface area (Å²) < 4.78 is 0. The lowest BCUT2D eigenvalue weighted by molar-refractivity contribution is -0.136. The van der Waals surface area contributed by atoms with Gasteiger partial charge in [-0.25, -0.2) is 5.43 Å². The van der Waals surface area contributed by atoms with E-state index in [4.69, 9.17) is 23.2 Å². The minimum Gasteiger partial charge on any atom is -0.318 e. The van der Waals surface area contributed by atoms with Gasteiger partial charge >= 0.3 is 11.8 Å². The van der Waals surface area contributed by atoms with Crippen LogP contribution in [0.5, 0.6) is 0 Å². The molecule has 0 aliphatic rings. The fourth-order valence-corrected chi connectivity index (χ4v) is 2.28. The Morgan fingerprint density at radius 2 is 1.72 bits per heavy atom. The summed E-state index contributed by atoms with van der Waals surface area (Å²) in [5, 5.41) is 7.02. The standard InChI is InChI=1S/C18H17Cl2N3O2/c1-12(7-8-13-5-3-2-4-6-13)22-23-18(25)17(24)21-14-9-10-15(19)16(20)11-14/h2-6,9-11H,7-8H2,1H3,(H,21,24)(H,23,25). The molecule has 0 saturated carbocycles. The summed E-state index contributed by atoms with van der Waals surface area (Å²) >= 11 is 11.7. The molecular weight excluding hydrogens is 361 g/mol. The number of halogens is 2. The van der Waals surface area contributed by atoms with Gasteiger partial charge < -0.3 is 5.32 Å². The number of nitrogens with zero attached hydrogens (tertiary/aromatic N) is 1. The van der Waals surface area contributed by atoms with E-state index >= 15 is 0 Å². The molecule has 0 aliphatic heterocycles. The summed E-state index contributed by atoms with van der Waals surface area (Å²) in [5.74, 6) is -1.69. The molecule has 0 aromatic heterocycles. The predicted octanol–water partition coefficient (Wildman–Crippen LogP) is 4.06. The minimum atomic E-state index is -0.856. The van der Waals surface area contributed by atoms with Crippen LogP contribution in [0.25, 0.3) is 0 Å². The smallest absolute Gasteiger partial charge is 0.318 e. The van der Waals surface area contributed by atoms with Gasteiger partial charge in [0.2, 0.25) is 0 Å². The third-order valence-electron chi connectivity index (χ3n) is 3.35. The van der Waals surface area contributed by atoms with Crippen LogP contribution >= 0.6 is 23.2 Å². The molecule has 0 aliphatic carbocycles. The van der Waals surface area contributed by atoms with E-state index < -0.39 is 11.8 Å². The van der Waals surface area contributed by atoms with E-state index in [0.29, 0.717) is 17.1 Å². The molecule has 0 atom stereocenters. The number of carbonyl (C=O) groups excluding carboxylic acids is 2. The number of carbonyl (C=O) groups is 2. The largest absolute Gasteiger partial charge is 0.329 e. The highest BCUT2D eigenvalue weighted by atomic mass is 35.5. The molecule has 0 heterocycles. The molecule has 2 amide bonds. The van der Waals surface area contributed by atoms with Crippen LogP contribution in [0.4, 0.5) is 5.69 Å². The molecule has 0 saturated heterocycles. The van der Waals surface area contributed by atoms with Crippen LogP contribution in [0.2, 0.25) is 10.0 Å². The molecule has 0 fully saturated rings. The number of anilines is 1. The van der Waals surface area contributed by atoms with Gasteiger partial charge in [0.15, 0.2) is 0 Å². The van der Waals surface area contributed by atoms with Gasteiger partial charge in [-0.3, -0.25) is 9.59 Å². The first-order valence-electron chi connectivity index (χ1n) is 7.59. The Morgan fingerprint density at radius 1 is 1.00 bits per heavy atom. The summed E-state index contributed by atoms with van der Waals surface area (Å²) in [5.41, 5.74) is 4.52. The average molecular weight is 378 g/mol. The first-order valence-corrected chi connectivity index (χ1v) is 8.35. The predicted molar refractivity (Wildman–Crippen MR) is 101 cm³/mol. The second kappa shape index (κ2) is 9.20. The second-order valence-corrected chi connectivity index (χ2v) is 6.17. The van der Waals surface area contributed by atoms with Gasteiger partial charge in [-0.1, -0.05) is 53.5 Å². The maximum atomic E-state index is 11.8. The van der Waals surface area contributed by atoms with Gasteiger partial charge in [0.05, 0.1) is 10.0 Å². The van der Waals surface area contributed by atoms with E-state index in [1.807, 2.05) is 30.3 Å². The van der Waals surface area contributed by atoms with Crippen molar-refractivity contribution in [3.8, 4) is 0 Å². The van der Waals surface area contributed by atoms with E-state index in [0.717, 1.165) is 12.1 Å². The fourth-order valence-electron chi connectivity index (χ4n) is 1.98. The highest BCUT2D eigenvalue weighted by Gasteiger charge is 2.13. The molecule has 25 heavy (non-hydrogen) atoms. The third-order valence-corrected chi connectivity index (χ3v) is 4.09. The van der Waals surface area contributed by atoms with Crippen molar-refractivity contribution >= 4 is 46.4 Å². The van der Waals surface area contributed by atoms with Gasteiger partial charge in [-0.05, 0) is 43.5 Å². The van der Waals surface area contributed by atoms with Crippen molar-refractivity contribution in [3.05, 3.63) is 64.1 Å². The average Bonchev–Trinajstić information content (AvgIpc) is 2.61. The normalized spacial score (nSPS) is 11.1. The molecule has 2 N–H and O–H groups in total. The van der Waals surface area contributed by atoms with E-state index in [2.05, 4.69) is 15.8 Å². The lowest BCUT2D eigenvalue weighted by Gasteiger charge is -2.06. The number of amides is 2. The van der Waals surface area contributed by atoms with E-state index in [9.17, 15) is 9.59 Å². The number of hydrazone groups is 1. The summed E-state index contributed by atoms with van der Waals surface area (Å²) in [6.07, 6.45) is 1.49. The Hall–Kier alpha value is -2.37. The molecule has 0 radical (unpaired) electrons. The molecule has 130 valence electrons. The third kappa shape index (κ3) is 6.21. The first-order chi connectivity index (χ1) is 12.0. The Balaban J connectivity index is 1.83. The van der Waals surface area contributed by atoms with Crippen molar-refractivity contribution in [1.82, 2.24) is 5.43 Å². The summed E-state index contributed by atoms with van der Waals surface area (Å²) in [7, 11) is 0. The molecule has 2 rings (SSSR count). The van der Waals surface area contributed by atoms with Gasteiger partial charge in [0.1, 0.15) is 0 Å². The number of rotatable bonds is 5. The number of nitrogens with one attached hydrogen (secondary N) is 2. The number of hydrogen-bond acceptors (Lipinski definition) is 3. The van der Waals surface area contributed by atoms with Crippen molar-refractivity contribution in [2.24, 2.45) is 5.10 Å². The lowest BCUT2D eigenvalue weighted by Crippen LogP contribution is -2.32. The monoisotopic (exact) mass is 377 g/mol. The summed E-state index contributed by atoms with van der Waals surface area (Å²) in [4.78, 5) is 23.6. The van der Waals surface area contributed by atoms with Gasteiger partial charge in [0.25, 0.3) is 0 Å². The zero-order valence-electron chi connectivity index (χ0n) is 13.6. The Bertz CT molecular complexity index is 792. The van der Waals surface area contributed by atoms with Crippen LogP contribution in [0.3, 0.4) is 0 Å². The van der Waals surface area contributed by atoms with E-state index in [1.165, 1.54) is 17.7 Å². The zero-order valence-corrected chi connectivity index (χ0v) is 15.1. The molecule has 7 heteroatoms. The molecule has 2 aromatic rings. The molecule has 0 bridgehead atoms. The molecule has 2 aromatic carbocycles. The quantitative estimate of drug-likeness (QED) is 0.468. The van der Waals surface area contributed by atoms with Crippen LogP contribution in [0.1, 0.15) is 18.9 Å².